The van der Waals surface area contributed by atoms with E-state index >= 15 is 0 Å². The van der Waals surface area contributed by atoms with Crippen LogP contribution < -0.4 is 5.32 Å². The van der Waals surface area contributed by atoms with E-state index in [0.29, 0.717) is 28.4 Å². The number of alkyl halides is 3. The van der Waals surface area contributed by atoms with E-state index in [-0.39, 0.29) is 18.5 Å². The first kappa shape index (κ1) is 29.4. The molecule has 8 heteroatoms. The first-order valence-corrected chi connectivity index (χ1v) is 16.1. The third kappa shape index (κ3) is 6.28. The quantitative estimate of drug-likeness (QED) is 0.193. The van der Waals surface area contributed by atoms with Crippen LogP contribution in [0, 0.1) is 5.92 Å². The molecule has 2 N–H and O–H groups in total. The molecule has 2 fully saturated rings. The van der Waals surface area contributed by atoms with E-state index in [4.69, 9.17) is 4.98 Å². The van der Waals surface area contributed by atoms with E-state index in [1.54, 1.807) is 0 Å². The lowest BCUT2D eigenvalue weighted by atomic mass is 9.84. The number of hydrogen-bond donors (Lipinski definition) is 2. The van der Waals surface area contributed by atoms with Crippen LogP contribution in [-0.2, 0) is 12.7 Å². The van der Waals surface area contributed by atoms with Crippen molar-refractivity contribution in [1.82, 2.24) is 14.9 Å². The molecule has 1 atom stereocenters. The number of aromatic amines is 1. The van der Waals surface area contributed by atoms with Gasteiger partial charge in [-0.2, -0.15) is 13.2 Å². The van der Waals surface area contributed by atoms with Gasteiger partial charge in [0.25, 0.3) is 5.91 Å². The highest BCUT2D eigenvalue weighted by Gasteiger charge is 2.33. The van der Waals surface area contributed by atoms with Crippen molar-refractivity contribution in [2.24, 2.45) is 5.92 Å². The number of nitrogens with one attached hydrogen (secondary N) is 2. The summed E-state index contributed by atoms with van der Waals surface area (Å²) in [5, 5.41) is 5.21. The Hall–Kier alpha value is -4.33. The van der Waals surface area contributed by atoms with Crippen molar-refractivity contribution < 1.29 is 18.0 Å². The Morgan fingerprint density at radius 3 is 2.47 bits per heavy atom. The van der Waals surface area contributed by atoms with Gasteiger partial charge in [-0.05, 0) is 89.7 Å². The monoisotopic (exact) mass is 610 g/mol. The number of anilines is 1. The molecule has 1 saturated carbocycles. The molecule has 1 unspecified atom stereocenters. The molecule has 2 aromatic heterocycles. The maximum Gasteiger partial charge on any atom is 0.416 e. The number of nitrogens with zero attached hydrogens (tertiary/aromatic N) is 2. The summed E-state index contributed by atoms with van der Waals surface area (Å²) >= 11 is 0. The fraction of sp³-hybridized carbons (Fsp3) is 0.351. The number of likely N-dealkylation sites (tertiary alicyclic amines) is 1. The molecule has 1 aliphatic carbocycles. The van der Waals surface area contributed by atoms with Crippen LogP contribution in [0.15, 0.2) is 79.0 Å². The Morgan fingerprint density at radius 1 is 0.889 bits per heavy atom. The second kappa shape index (κ2) is 12.2. The number of aromatic nitrogens is 2. The van der Waals surface area contributed by atoms with Gasteiger partial charge < -0.3 is 15.2 Å². The molecule has 1 saturated heterocycles. The van der Waals surface area contributed by atoms with Crippen LogP contribution in [0.4, 0.5) is 19.0 Å². The zero-order valence-corrected chi connectivity index (χ0v) is 25.2. The summed E-state index contributed by atoms with van der Waals surface area (Å²) in [5.74, 6) is 1.23. The van der Waals surface area contributed by atoms with Gasteiger partial charge in [-0.25, -0.2) is 4.98 Å². The number of fused-ring (bicyclic) bond motifs is 2. The summed E-state index contributed by atoms with van der Waals surface area (Å²) in [6.45, 7) is 1.03. The van der Waals surface area contributed by atoms with Crippen molar-refractivity contribution in [2.45, 2.75) is 70.1 Å². The molecule has 1 amide bonds. The van der Waals surface area contributed by atoms with E-state index in [2.05, 4.69) is 39.5 Å². The molecule has 0 radical (unpaired) electrons. The van der Waals surface area contributed by atoms with Crippen LogP contribution >= 0.6 is 0 Å². The highest BCUT2D eigenvalue weighted by Crippen LogP contribution is 2.35. The predicted octanol–water partition coefficient (Wildman–Crippen LogP) is 9.59. The smallest absolute Gasteiger partial charge is 0.366 e. The molecule has 1 aliphatic heterocycles. The molecule has 5 aromatic rings. The molecular weight excluding hydrogens is 573 g/mol. The van der Waals surface area contributed by atoms with E-state index in [1.807, 2.05) is 30.5 Å². The Labute approximate surface area is 260 Å². The van der Waals surface area contributed by atoms with Gasteiger partial charge >= 0.3 is 6.18 Å². The van der Waals surface area contributed by atoms with Gasteiger partial charge in [0.1, 0.15) is 5.82 Å². The third-order valence-corrected chi connectivity index (χ3v) is 9.65. The topological polar surface area (TPSA) is 61.0 Å². The van der Waals surface area contributed by atoms with Crippen molar-refractivity contribution in [2.75, 3.05) is 11.9 Å². The maximum atomic E-state index is 14.4. The number of benzene rings is 3. The molecule has 232 valence electrons. The molecule has 3 heterocycles. The maximum absolute atomic E-state index is 14.4. The van der Waals surface area contributed by atoms with Crippen molar-refractivity contribution in [3.05, 3.63) is 95.7 Å². The van der Waals surface area contributed by atoms with Crippen LogP contribution in [0.25, 0.3) is 32.9 Å². The van der Waals surface area contributed by atoms with E-state index < -0.39 is 11.7 Å². The minimum absolute atomic E-state index is 0.0234. The van der Waals surface area contributed by atoms with Gasteiger partial charge in [-0.1, -0.05) is 62.4 Å². The number of H-pyrrole nitrogens is 1. The van der Waals surface area contributed by atoms with Crippen LogP contribution in [0.5, 0.6) is 0 Å². The number of amides is 1. The largest absolute Gasteiger partial charge is 0.416 e. The van der Waals surface area contributed by atoms with Crippen LogP contribution in [0.1, 0.15) is 72.9 Å². The fourth-order valence-electron chi connectivity index (χ4n) is 7.21. The summed E-state index contributed by atoms with van der Waals surface area (Å²) in [7, 11) is 0. The lowest BCUT2D eigenvalue weighted by Crippen LogP contribution is -2.37. The zero-order chi connectivity index (χ0) is 31.0. The van der Waals surface area contributed by atoms with Gasteiger partial charge in [0.15, 0.2) is 0 Å². The van der Waals surface area contributed by atoms with Crippen molar-refractivity contribution in [1.29, 1.82) is 0 Å². The number of pyridine rings is 1. The Kier molecular flexibility index (Phi) is 7.98. The molecule has 7 rings (SSSR count). The number of halogens is 3. The molecule has 5 nitrogen and oxygen atoms in total. The normalized spacial score (nSPS) is 17.8. The molecule has 45 heavy (non-hydrogen) atoms. The lowest BCUT2D eigenvalue weighted by Gasteiger charge is -2.30. The van der Waals surface area contributed by atoms with Gasteiger partial charge in [-0.3, -0.25) is 4.79 Å². The summed E-state index contributed by atoms with van der Waals surface area (Å²) in [4.78, 5) is 24.6. The summed E-state index contributed by atoms with van der Waals surface area (Å²) < 4.78 is 39.2. The van der Waals surface area contributed by atoms with E-state index in [1.165, 1.54) is 44.2 Å². The van der Waals surface area contributed by atoms with Crippen molar-refractivity contribution in [3.63, 3.8) is 0 Å². The molecule has 0 spiro atoms. The van der Waals surface area contributed by atoms with Gasteiger partial charge in [0.05, 0.1) is 16.6 Å². The minimum atomic E-state index is -4.38. The van der Waals surface area contributed by atoms with Crippen LogP contribution in [-0.4, -0.2) is 33.4 Å². The second-order valence-corrected chi connectivity index (χ2v) is 12.6. The highest BCUT2D eigenvalue weighted by molar-refractivity contribution is 6.08. The zero-order valence-electron chi connectivity index (χ0n) is 25.2. The SMILES string of the molecule is O=C(c1cc(NCc2ccc(C(F)(F)F)cc2)nc2ccc(-c3ccc4cc[nH]c4c3)cc12)N1CCCC1CC1CCCCC1. The molecule has 0 bridgehead atoms. The number of carbonyl (C=O) groups excluding carboxylic acids is 1. The fourth-order valence-corrected chi connectivity index (χ4v) is 7.21. The standard InChI is InChI=1S/C37H37F3N4O/c38-37(39,40)29-13-8-25(9-14-29)23-42-35-22-32(36(45)44-18-4-7-30(44)19-24-5-2-1-3-6-24)31-20-27(12-15-33(31)43-35)28-11-10-26-16-17-41-34(26)21-28/h8-17,20-22,24,30,41H,1-7,18-19,23H2,(H,42,43). The molecular formula is C37H37F3N4O. The lowest BCUT2D eigenvalue weighted by molar-refractivity contribution is -0.137. The Bertz CT molecular complexity index is 1820. The van der Waals surface area contributed by atoms with Gasteiger partial charge in [0.2, 0.25) is 0 Å². The Balaban J connectivity index is 1.22. The Morgan fingerprint density at radius 2 is 1.67 bits per heavy atom. The van der Waals surface area contributed by atoms with Gasteiger partial charge in [-0.15, -0.1) is 0 Å². The number of rotatable bonds is 7. The molecule has 3 aromatic carbocycles. The average molecular weight is 611 g/mol. The summed E-state index contributed by atoms with van der Waals surface area (Å²) in [5.41, 5.74) is 4.42. The van der Waals surface area contributed by atoms with E-state index in [0.717, 1.165) is 65.4 Å². The predicted molar refractivity (Wildman–Crippen MR) is 173 cm³/mol. The second-order valence-electron chi connectivity index (χ2n) is 12.6. The van der Waals surface area contributed by atoms with Crippen molar-refractivity contribution >= 4 is 33.5 Å². The van der Waals surface area contributed by atoms with Crippen LogP contribution in [0.3, 0.4) is 0 Å². The van der Waals surface area contributed by atoms with Crippen molar-refractivity contribution in [3.8, 4) is 11.1 Å². The summed E-state index contributed by atoms with van der Waals surface area (Å²) in [6.07, 6.45) is 7.04. The molecule has 2 aliphatic rings. The third-order valence-electron chi connectivity index (χ3n) is 9.65. The van der Waals surface area contributed by atoms with Gasteiger partial charge in [0, 0.05) is 36.2 Å². The number of carbonyl (C=O) groups is 1. The minimum Gasteiger partial charge on any atom is -0.366 e. The number of hydrogen-bond acceptors (Lipinski definition) is 3. The summed E-state index contributed by atoms with van der Waals surface area (Å²) in [6, 6.07) is 21.5. The van der Waals surface area contributed by atoms with E-state index in [9.17, 15) is 18.0 Å². The van der Waals surface area contributed by atoms with Crippen LogP contribution in [0.2, 0.25) is 0 Å². The first-order valence-electron chi connectivity index (χ1n) is 16.1. The first-order chi connectivity index (χ1) is 21.8. The average Bonchev–Trinajstić information content (AvgIpc) is 3.72. The highest BCUT2D eigenvalue weighted by atomic mass is 19.4.